The normalized spacial score (nSPS) is 15.3. The summed E-state index contributed by atoms with van der Waals surface area (Å²) in [6, 6.07) is 13.8. The second kappa shape index (κ2) is 11.4. The molecule has 2 heterocycles. The van der Waals surface area contributed by atoms with Crippen LogP contribution in [0.2, 0.25) is 5.02 Å². The highest BCUT2D eigenvalue weighted by Crippen LogP contribution is 2.30. The summed E-state index contributed by atoms with van der Waals surface area (Å²) >= 11 is 6.93. The molecule has 1 fully saturated rings. The van der Waals surface area contributed by atoms with Gasteiger partial charge in [0, 0.05) is 40.2 Å². The molecule has 13 heteroatoms. The lowest BCUT2D eigenvalue weighted by atomic mass is 10.1. The lowest BCUT2D eigenvalue weighted by molar-refractivity contribution is -0.137. The summed E-state index contributed by atoms with van der Waals surface area (Å²) in [5, 5.41) is 14.5. The van der Waals surface area contributed by atoms with Crippen LogP contribution in [0.15, 0.2) is 64.9 Å². The molecule has 0 spiro atoms. The summed E-state index contributed by atoms with van der Waals surface area (Å²) in [6.07, 6.45) is -3.56. The molecule has 7 nitrogen and oxygen atoms in total. The number of hydrogen-bond donors (Lipinski definition) is 3. The van der Waals surface area contributed by atoms with Gasteiger partial charge in [-0.25, -0.2) is 8.42 Å². The van der Waals surface area contributed by atoms with Crippen LogP contribution in [0.1, 0.15) is 39.2 Å². The molecule has 0 radical (unpaired) electrons. The molecule has 0 unspecified atom stereocenters. The third kappa shape index (κ3) is 6.73. The Labute approximate surface area is 227 Å². The van der Waals surface area contributed by atoms with Crippen LogP contribution in [0.3, 0.4) is 0 Å². The van der Waals surface area contributed by atoms with E-state index in [4.69, 9.17) is 17.0 Å². The highest BCUT2D eigenvalue weighted by atomic mass is 35.5. The maximum atomic E-state index is 13.1. The van der Waals surface area contributed by atoms with E-state index in [1.54, 1.807) is 30.3 Å². The zero-order chi connectivity index (χ0) is 27.5. The fourth-order valence-electron chi connectivity index (χ4n) is 3.94. The second-order valence-corrected chi connectivity index (χ2v) is 12.5. The molecule has 202 valence electrons. The fraction of sp³-hybridized carbons (Fsp3) is 0.280. The Morgan fingerprint density at radius 1 is 1.00 bits per heavy atom. The molecule has 0 bridgehead atoms. The van der Waals surface area contributed by atoms with Gasteiger partial charge in [0.2, 0.25) is 0 Å². The van der Waals surface area contributed by atoms with Gasteiger partial charge in [-0.2, -0.15) is 17.5 Å². The molecule has 0 atom stereocenters. The zero-order valence-corrected chi connectivity index (χ0v) is 22.3. The number of amides is 1. The maximum absolute atomic E-state index is 13.1. The number of amidine groups is 1. The number of piperidine rings is 1. The summed E-state index contributed by atoms with van der Waals surface area (Å²) in [5.41, 5.74) is -0.0164. The molecule has 1 aliphatic rings. The van der Waals surface area contributed by atoms with E-state index in [-0.39, 0.29) is 41.6 Å². The van der Waals surface area contributed by atoms with E-state index in [1.165, 1.54) is 22.5 Å². The van der Waals surface area contributed by atoms with Gasteiger partial charge in [-0.1, -0.05) is 23.7 Å². The number of hydrogen-bond acceptors (Lipinski definition) is 5. The van der Waals surface area contributed by atoms with E-state index in [9.17, 15) is 26.4 Å². The third-order valence-electron chi connectivity index (χ3n) is 6.06. The summed E-state index contributed by atoms with van der Waals surface area (Å²) in [5.74, 6) is -0.306. The zero-order valence-electron chi connectivity index (χ0n) is 19.9. The second-order valence-electron chi connectivity index (χ2n) is 8.68. The number of nitrogens with zero attached hydrogens (tertiary/aromatic N) is 1. The van der Waals surface area contributed by atoms with Gasteiger partial charge < -0.3 is 10.6 Å². The Balaban J connectivity index is 1.29. The van der Waals surface area contributed by atoms with Gasteiger partial charge in [-0.15, -0.1) is 11.3 Å². The van der Waals surface area contributed by atoms with E-state index in [0.717, 1.165) is 23.5 Å². The van der Waals surface area contributed by atoms with E-state index in [2.05, 4.69) is 10.6 Å². The summed E-state index contributed by atoms with van der Waals surface area (Å²) in [7, 11) is -3.72. The number of benzene rings is 2. The van der Waals surface area contributed by atoms with Gasteiger partial charge in [0.15, 0.2) is 0 Å². The molecule has 4 rings (SSSR count). The topological polar surface area (TPSA) is 102 Å². The lowest BCUT2D eigenvalue weighted by Gasteiger charge is -2.31. The van der Waals surface area contributed by atoms with E-state index in [1.807, 2.05) is 0 Å². The monoisotopic (exact) mass is 584 g/mol. The van der Waals surface area contributed by atoms with E-state index < -0.39 is 21.8 Å². The molecule has 1 aromatic heterocycles. The lowest BCUT2D eigenvalue weighted by Crippen LogP contribution is -2.46. The van der Waals surface area contributed by atoms with Crippen LogP contribution in [0, 0.1) is 5.41 Å². The molecular formula is C25H24ClF3N4O3S2. The minimum atomic E-state index is -4.44. The van der Waals surface area contributed by atoms with Crippen molar-refractivity contribution in [1.29, 1.82) is 5.41 Å². The molecule has 0 aliphatic carbocycles. The molecule has 38 heavy (non-hydrogen) atoms. The molecule has 1 saturated heterocycles. The molecule has 3 aromatic rings. The minimum Gasteiger partial charge on any atom is -0.367 e. The van der Waals surface area contributed by atoms with Gasteiger partial charge in [0.25, 0.3) is 15.9 Å². The Kier molecular flexibility index (Phi) is 8.46. The summed E-state index contributed by atoms with van der Waals surface area (Å²) < 4.78 is 66.1. The van der Waals surface area contributed by atoms with Crippen molar-refractivity contribution in [3.63, 3.8) is 0 Å². The standard InChI is InChI=1S/C25H24ClF3N4O3S2/c26-19-7-3-17(4-8-19)24(34)31-15-21-9-10-22(37-21)38(35,36)33-13-11-20(12-14-33)32-23(30)16-1-5-18(6-2-16)25(27,28)29/h1-10,20H,11-15H2,(H2,30,32)(H,31,34). The molecule has 2 aromatic carbocycles. The highest BCUT2D eigenvalue weighted by Gasteiger charge is 2.32. The molecule has 1 amide bonds. The smallest absolute Gasteiger partial charge is 0.367 e. The van der Waals surface area contributed by atoms with E-state index >= 15 is 0 Å². The van der Waals surface area contributed by atoms with Crippen molar-refractivity contribution in [2.75, 3.05) is 13.1 Å². The number of carbonyl (C=O) groups excluding carboxylic acids is 1. The highest BCUT2D eigenvalue weighted by molar-refractivity contribution is 7.91. The first-order chi connectivity index (χ1) is 17.9. The van der Waals surface area contributed by atoms with Gasteiger partial charge in [-0.3, -0.25) is 10.2 Å². The fourth-order valence-corrected chi connectivity index (χ4v) is 6.99. The van der Waals surface area contributed by atoms with Gasteiger partial charge in [0.1, 0.15) is 10.0 Å². The quantitative estimate of drug-likeness (QED) is 0.265. The number of alkyl halides is 3. The number of thiophene rings is 1. The Hall–Kier alpha value is -2.93. The van der Waals surface area contributed by atoms with Crippen molar-refractivity contribution < 1.29 is 26.4 Å². The molecular weight excluding hydrogens is 561 g/mol. The van der Waals surface area contributed by atoms with Crippen LogP contribution in [0.25, 0.3) is 0 Å². The number of rotatable bonds is 7. The van der Waals surface area contributed by atoms with Crippen molar-refractivity contribution >= 4 is 44.7 Å². The van der Waals surface area contributed by atoms with Crippen LogP contribution in [0.5, 0.6) is 0 Å². The number of halogens is 4. The predicted molar refractivity (Wildman–Crippen MR) is 140 cm³/mol. The van der Waals surface area contributed by atoms with Crippen molar-refractivity contribution in [1.82, 2.24) is 14.9 Å². The summed E-state index contributed by atoms with van der Waals surface area (Å²) in [6.45, 7) is 0.654. The van der Waals surface area contributed by atoms with Crippen LogP contribution in [-0.4, -0.2) is 43.6 Å². The van der Waals surface area contributed by atoms with Crippen LogP contribution < -0.4 is 10.6 Å². The van der Waals surface area contributed by atoms with Gasteiger partial charge >= 0.3 is 6.18 Å². The Bertz CT molecular complexity index is 1400. The molecule has 3 N–H and O–H groups in total. The predicted octanol–water partition coefficient (Wildman–Crippen LogP) is 5.12. The van der Waals surface area contributed by atoms with Crippen LogP contribution >= 0.6 is 22.9 Å². The first-order valence-electron chi connectivity index (χ1n) is 11.6. The van der Waals surface area contributed by atoms with Gasteiger partial charge in [0.05, 0.1) is 12.1 Å². The van der Waals surface area contributed by atoms with Crippen molar-refractivity contribution in [3.05, 3.63) is 87.3 Å². The minimum absolute atomic E-state index is 0.0106. The average molecular weight is 585 g/mol. The molecule has 0 saturated carbocycles. The first-order valence-corrected chi connectivity index (χ1v) is 14.2. The number of sulfonamides is 1. The van der Waals surface area contributed by atoms with Crippen molar-refractivity contribution in [2.24, 2.45) is 0 Å². The first kappa shape index (κ1) is 28.1. The largest absolute Gasteiger partial charge is 0.416 e. The Morgan fingerprint density at radius 3 is 2.21 bits per heavy atom. The number of nitrogens with one attached hydrogen (secondary N) is 3. The summed E-state index contributed by atoms with van der Waals surface area (Å²) in [4.78, 5) is 13.0. The van der Waals surface area contributed by atoms with Gasteiger partial charge in [-0.05, 0) is 61.4 Å². The van der Waals surface area contributed by atoms with Crippen molar-refractivity contribution in [2.45, 2.75) is 35.8 Å². The van der Waals surface area contributed by atoms with Crippen LogP contribution in [0.4, 0.5) is 13.2 Å². The number of carbonyl (C=O) groups is 1. The Morgan fingerprint density at radius 2 is 1.61 bits per heavy atom. The van der Waals surface area contributed by atoms with Crippen LogP contribution in [-0.2, 0) is 22.7 Å². The van der Waals surface area contributed by atoms with E-state index in [0.29, 0.717) is 33.9 Å². The third-order valence-corrected chi connectivity index (χ3v) is 9.77. The SMILES string of the molecule is N=C(NC1CCN(S(=O)(=O)c2ccc(CNC(=O)c3ccc(Cl)cc3)s2)CC1)c1ccc(C(F)(F)F)cc1. The molecule has 1 aliphatic heterocycles. The maximum Gasteiger partial charge on any atom is 0.416 e. The van der Waals surface area contributed by atoms with Crippen molar-refractivity contribution in [3.8, 4) is 0 Å². The average Bonchev–Trinajstić information content (AvgIpc) is 3.38.